The number of hydrogen-bond donors (Lipinski definition) is 2. The first-order valence-electron chi connectivity index (χ1n) is 6.80. The Morgan fingerprint density at radius 2 is 2.24 bits per heavy atom. The van der Waals surface area contributed by atoms with E-state index in [9.17, 15) is 13.2 Å². The van der Waals surface area contributed by atoms with Crippen LogP contribution in [0.3, 0.4) is 0 Å². The highest BCUT2D eigenvalue weighted by atomic mass is 35.5. The maximum atomic E-state index is 12.7. The molecule has 2 atom stereocenters. The van der Waals surface area contributed by atoms with Gasteiger partial charge >= 0.3 is 6.18 Å². The van der Waals surface area contributed by atoms with Gasteiger partial charge in [-0.3, -0.25) is 0 Å². The molecule has 2 unspecified atom stereocenters. The molecular formula is C14H18ClF3N2O. The Hall–Kier alpha value is -0.980. The molecule has 1 aromatic carbocycles. The van der Waals surface area contributed by atoms with Crippen molar-refractivity contribution in [1.29, 1.82) is 0 Å². The van der Waals surface area contributed by atoms with E-state index in [2.05, 4.69) is 10.6 Å². The van der Waals surface area contributed by atoms with E-state index in [1.807, 2.05) is 6.92 Å². The Labute approximate surface area is 126 Å². The number of nitrogens with one attached hydrogen (secondary N) is 2. The van der Waals surface area contributed by atoms with Crippen molar-refractivity contribution < 1.29 is 17.9 Å². The van der Waals surface area contributed by atoms with Crippen molar-refractivity contribution in [2.45, 2.75) is 31.6 Å². The Kier molecular flexibility index (Phi) is 5.35. The normalized spacial score (nSPS) is 21.1. The van der Waals surface area contributed by atoms with Gasteiger partial charge in [0.2, 0.25) is 0 Å². The Balaban J connectivity index is 2.00. The molecule has 0 bridgehead atoms. The lowest BCUT2D eigenvalue weighted by molar-refractivity contribution is -0.137. The van der Waals surface area contributed by atoms with Gasteiger partial charge in [-0.25, -0.2) is 0 Å². The van der Waals surface area contributed by atoms with E-state index in [1.54, 1.807) is 0 Å². The average Bonchev–Trinajstić information content (AvgIpc) is 2.41. The molecule has 0 aliphatic carbocycles. The molecule has 0 saturated carbocycles. The first kappa shape index (κ1) is 16.4. The summed E-state index contributed by atoms with van der Waals surface area (Å²) in [6.45, 7) is 4.01. The van der Waals surface area contributed by atoms with E-state index in [4.69, 9.17) is 16.3 Å². The topological polar surface area (TPSA) is 33.3 Å². The lowest BCUT2D eigenvalue weighted by Crippen LogP contribution is -2.43. The summed E-state index contributed by atoms with van der Waals surface area (Å²) in [5.41, 5.74) is -0.406. The number of benzene rings is 1. The summed E-state index contributed by atoms with van der Waals surface area (Å²) < 4.78 is 43.5. The Morgan fingerprint density at radius 1 is 1.48 bits per heavy atom. The molecule has 1 aliphatic heterocycles. The highest BCUT2D eigenvalue weighted by Gasteiger charge is 2.31. The third-order valence-electron chi connectivity index (χ3n) is 3.33. The molecule has 1 aromatic rings. The summed E-state index contributed by atoms with van der Waals surface area (Å²) in [4.78, 5) is 0. The van der Waals surface area contributed by atoms with Crippen LogP contribution < -0.4 is 10.6 Å². The molecule has 2 N–H and O–H groups in total. The van der Waals surface area contributed by atoms with E-state index in [1.165, 1.54) is 6.07 Å². The standard InChI is InChI=1S/C14H18ClF3N2O/c1-9(6-11-8-21-5-4-19-11)20-13-7-10(14(16,17)18)2-3-12(13)15/h2-3,7,9,11,19-20H,4-6,8H2,1H3. The third-order valence-corrected chi connectivity index (χ3v) is 3.66. The second kappa shape index (κ2) is 6.85. The number of anilines is 1. The molecule has 7 heteroatoms. The van der Waals surface area contributed by atoms with Crippen molar-refractivity contribution in [3.63, 3.8) is 0 Å². The van der Waals surface area contributed by atoms with Crippen molar-refractivity contribution in [3.05, 3.63) is 28.8 Å². The number of halogens is 4. The lowest BCUT2D eigenvalue weighted by atomic mass is 10.1. The SMILES string of the molecule is CC(CC1COCCN1)Nc1cc(C(F)(F)F)ccc1Cl. The minimum Gasteiger partial charge on any atom is -0.381 e. The molecule has 0 aromatic heterocycles. The quantitative estimate of drug-likeness (QED) is 0.889. The van der Waals surface area contributed by atoms with Gasteiger partial charge in [-0.1, -0.05) is 11.6 Å². The zero-order valence-corrected chi connectivity index (χ0v) is 12.4. The molecule has 118 valence electrons. The molecular weight excluding hydrogens is 305 g/mol. The van der Waals surface area contributed by atoms with Crippen LogP contribution in [0.1, 0.15) is 18.9 Å². The maximum absolute atomic E-state index is 12.7. The van der Waals surface area contributed by atoms with Gasteiger partial charge in [0.25, 0.3) is 0 Å². The number of ether oxygens (including phenoxy) is 1. The van der Waals surface area contributed by atoms with Gasteiger partial charge in [-0.05, 0) is 31.5 Å². The fourth-order valence-electron chi connectivity index (χ4n) is 2.33. The molecule has 1 fully saturated rings. The molecule has 1 aliphatic rings. The van der Waals surface area contributed by atoms with E-state index >= 15 is 0 Å². The van der Waals surface area contributed by atoms with Crippen LogP contribution in [0, 0.1) is 0 Å². The van der Waals surface area contributed by atoms with Crippen LogP contribution in [0.5, 0.6) is 0 Å². The van der Waals surface area contributed by atoms with Gasteiger partial charge in [0.05, 0.1) is 29.5 Å². The van der Waals surface area contributed by atoms with E-state index in [-0.39, 0.29) is 17.1 Å². The van der Waals surface area contributed by atoms with Gasteiger partial charge in [-0.2, -0.15) is 13.2 Å². The molecule has 3 nitrogen and oxygen atoms in total. The lowest BCUT2D eigenvalue weighted by Gasteiger charge is -2.27. The van der Waals surface area contributed by atoms with Crippen LogP contribution in [0.2, 0.25) is 5.02 Å². The van der Waals surface area contributed by atoms with Crippen molar-refractivity contribution in [1.82, 2.24) is 5.32 Å². The van der Waals surface area contributed by atoms with Crippen LogP contribution in [-0.4, -0.2) is 31.8 Å². The Morgan fingerprint density at radius 3 is 2.86 bits per heavy atom. The molecule has 1 heterocycles. The van der Waals surface area contributed by atoms with Gasteiger partial charge in [-0.15, -0.1) is 0 Å². The summed E-state index contributed by atoms with van der Waals surface area (Å²) in [6.07, 6.45) is -3.63. The molecule has 2 rings (SSSR count). The first-order valence-corrected chi connectivity index (χ1v) is 7.18. The van der Waals surface area contributed by atoms with Crippen LogP contribution in [0.25, 0.3) is 0 Å². The van der Waals surface area contributed by atoms with Crippen LogP contribution in [0.15, 0.2) is 18.2 Å². The summed E-state index contributed by atoms with van der Waals surface area (Å²) >= 11 is 5.96. The fourth-order valence-corrected chi connectivity index (χ4v) is 2.51. The van der Waals surface area contributed by atoms with Crippen LogP contribution >= 0.6 is 11.6 Å². The molecule has 0 spiro atoms. The second-order valence-corrected chi connectivity index (χ2v) is 5.61. The molecule has 0 radical (unpaired) electrons. The summed E-state index contributed by atoms with van der Waals surface area (Å²) in [6, 6.07) is 3.47. The minimum absolute atomic E-state index is 0.0230. The smallest absolute Gasteiger partial charge is 0.381 e. The van der Waals surface area contributed by atoms with Crippen molar-refractivity contribution >= 4 is 17.3 Å². The number of alkyl halides is 3. The van der Waals surface area contributed by atoms with Gasteiger partial charge in [0.15, 0.2) is 0 Å². The van der Waals surface area contributed by atoms with Gasteiger partial charge in [0.1, 0.15) is 0 Å². The van der Waals surface area contributed by atoms with Crippen molar-refractivity contribution in [2.24, 2.45) is 0 Å². The predicted octanol–water partition coefficient (Wildman–Crippen LogP) is 3.54. The molecule has 1 saturated heterocycles. The maximum Gasteiger partial charge on any atom is 0.416 e. The number of hydrogen-bond acceptors (Lipinski definition) is 3. The largest absolute Gasteiger partial charge is 0.416 e. The van der Waals surface area contributed by atoms with Gasteiger partial charge in [0, 0.05) is 18.6 Å². The first-order chi connectivity index (χ1) is 9.86. The zero-order valence-electron chi connectivity index (χ0n) is 11.6. The Bertz CT molecular complexity index is 476. The van der Waals surface area contributed by atoms with E-state index < -0.39 is 11.7 Å². The highest BCUT2D eigenvalue weighted by Crippen LogP contribution is 2.34. The van der Waals surface area contributed by atoms with E-state index in [0.717, 1.165) is 25.1 Å². The van der Waals surface area contributed by atoms with Gasteiger partial charge < -0.3 is 15.4 Å². The highest BCUT2D eigenvalue weighted by molar-refractivity contribution is 6.33. The third kappa shape index (κ3) is 4.76. The van der Waals surface area contributed by atoms with Crippen molar-refractivity contribution in [2.75, 3.05) is 25.1 Å². The number of rotatable bonds is 4. The van der Waals surface area contributed by atoms with Crippen LogP contribution in [0.4, 0.5) is 18.9 Å². The van der Waals surface area contributed by atoms with E-state index in [0.29, 0.717) is 18.9 Å². The summed E-state index contributed by atoms with van der Waals surface area (Å²) in [5.74, 6) is 0. The zero-order chi connectivity index (χ0) is 15.5. The average molecular weight is 323 g/mol. The monoisotopic (exact) mass is 322 g/mol. The molecule has 0 amide bonds. The van der Waals surface area contributed by atoms with Crippen molar-refractivity contribution in [3.8, 4) is 0 Å². The predicted molar refractivity (Wildman–Crippen MR) is 76.8 cm³/mol. The summed E-state index contributed by atoms with van der Waals surface area (Å²) in [7, 11) is 0. The van der Waals surface area contributed by atoms with Crippen LogP contribution in [-0.2, 0) is 10.9 Å². The number of morpholine rings is 1. The molecule has 21 heavy (non-hydrogen) atoms. The second-order valence-electron chi connectivity index (χ2n) is 5.20. The summed E-state index contributed by atoms with van der Waals surface area (Å²) in [5, 5.41) is 6.63. The minimum atomic E-state index is -4.37. The fraction of sp³-hybridized carbons (Fsp3) is 0.571.